The van der Waals surface area contributed by atoms with Crippen LogP contribution in [0.1, 0.15) is 19.7 Å². The van der Waals surface area contributed by atoms with Crippen LogP contribution in [0.2, 0.25) is 0 Å². The van der Waals surface area contributed by atoms with E-state index in [9.17, 15) is 0 Å². The molecule has 0 radical (unpaired) electrons. The van der Waals surface area contributed by atoms with Gasteiger partial charge in [0.2, 0.25) is 5.89 Å². The van der Waals surface area contributed by atoms with Crippen LogP contribution in [0.3, 0.4) is 0 Å². The zero-order chi connectivity index (χ0) is 13.7. The van der Waals surface area contributed by atoms with Crippen LogP contribution in [0.15, 0.2) is 33.2 Å². The van der Waals surface area contributed by atoms with Crippen molar-refractivity contribution < 1.29 is 4.42 Å². The van der Waals surface area contributed by atoms with Gasteiger partial charge < -0.3 is 15.1 Å². The van der Waals surface area contributed by atoms with Gasteiger partial charge in [0.15, 0.2) is 0 Å². The molecule has 1 heterocycles. The summed E-state index contributed by atoms with van der Waals surface area (Å²) in [5.41, 5.74) is 0.903. The molecule has 5 nitrogen and oxygen atoms in total. The van der Waals surface area contributed by atoms with Gasteiger partial charge >= 0.3 is 6.01 Å². The second-order valence-electron chi connectivity index (χ2n) is 4.66. The number of benzene rings is 1. The lowest BCUT2D eigenvalue weighted by atomic mass is 10.2. The molecule has 0 atom stereocenters. The lowest BCUT2D eigenvalue weighted by molar-refractivity contribution is 0.460. The molecule has 0 unspecified atom stereocenters. The highest BCUT2D eigenvalue weighted by molar-refractivity contribution is 9.10. The highest BCUT2D eigenvalue weighted by Crippen LogP contribution is 2.19. The Labute approximate surface area is 120 Å². The third-order valence-corrected chi connectivity index (χ3v) is 2.86. The maximum atomic E-state index is 5.50. The summed E-state index contributed by atoms with van der Waals surface area (Å²) in [6.07, 6.45) is 0. The molecule has 1 aromatic heterocycles. The van der Waals surface area contributed by atoms with Crippen molar-refractivity contribution in [1.29, 1.82) is 0 Å². The summed E-state index contributed by atoms with van der Waals surface area (Å²) in [7, 11) is 0. The van der Waals surface area contributed by atoms with Crippen LogP contribution >= 0.6 is 15.9 Å². The number of hydrogen-bond acceptors (Lipinski definition) is 5. The van der Waals surface area contributed by atoms with Gasteiger partial charge in [-0.1, -0.05) is 40.9 Å². The van der Waals surface area contributed by atoms with Crippen molar-refractivity contribution in [1.82, 2.24) is 15.5 Å². The maximum absolute atomic E-state index is 5.50. The molecule has 19 heavy (non-hydrogen) atoms. The summed E-state index contributed by atoms with van der Waals surface area (Å²) in [5.74, 6) is 1.18. The average Bonchev–Trinajstić information content (AvgIpc) is 2.76. The van der Waals surface area contributed by atoms with E-state index in [0.717, 1.165) is 16.7 Å². The van der Waals surface area contributed by atoms with Gasteiger partial charge in [-0.05, 0) is 30.7 Å². The van der Waals surface area contributed by atoms with E-state index in [1.165, 1.54) is 0 Å². The number of anilines is 2. The van der Waals surface area contributed by atoms with E-state index in [1.54, 1.807) is 0 Å². The molecule has 0 saturated carbocycles. The number of hydrogen-bond donors (Lipinski definition) is 2. The molecule has 0 saturated heterocycles. The van der Waals surface area contributed by atoms with Crippen molar-refractivity contribution >= 4 is 27.6 Å². The van der Waals surface area contributed by atoms with Crippen molar-refractivity contribution in [2.24, 2.45) is 5.92 Å². The molecule has 0 aliphatic rings. The summed E-state index contributed by atoms with van der Waals surface area (Å²) in [6, 6.07) is 8.18. The fourth-order valence-electron chi connectivity index (χ4n) is 1.53. The Bertz CT molecular complexity index is 527. The molecule has 1 aromatic carbocycles. The van der Waals surface area contributed by atoms with E-state index >= 15 is 0 Å². The van der Waals surface area contributed by atoms with Gasteiger partial charge in [0.1, 0.15) is 0 Å². The molecule has 2 N–H and O–H groups in total. The Morgan fingerprint density at radius 3 is 2.89 bits per heavy atom. The lowest BCUT2D eigenvalue weighted by Gasteiger charge is -2.04. The third-order valence-electron chi connectivity index (χ3n) is 2.37. The van der Waals surface area contributed by atoms with Crippen LogP contribution in [0.4, 0.5) is 11.7 Å². The largest absolute Gasteiger partial charge is 0.406 e. The van der Waals surface area contributed by atoms with Crippen LogP contribution in [0.5, 0.6) is 0 Å². The Balaban J connectivity index is 1.90. The number of nitrogens with one attached hydrogen (secondary N) is 2. The quantitative estimate of drug-likeness (QED) is 0.853. The van der Waals surface area contributed by atoms with Crippen LogP contribution < -0.4 is 10.6 Å². The molecule has 2 aromatic rings. The Hall–Kier alpha value is -1.40. The van der Waals surface area contributed by atoms with Gasteiger partial charge in [0.25, 0.3) is 0 Å². The van der Waals surface area contributed by atoms with Crippen LogP contribution in [0, 0.1) is 5.92 Å². The standard InChI is InChI=1S/C13H17BrN4O/c1-9(2)7-15-8-12-17-18-13(19-12)16-11-5-3-4-10(14)6-11/h3-6,9,15H,7-8H2,1-2H3,(H,16,18). The summed E-state index contributed by atoms with van der Waals surface area (Å²) >= 11 is 3.41. The first-order valence-corrected chi connectivity index (χ1v) is 6.98. The smallest absolute Gasteiger partial charge is 0.320 e. The highest BCUT2D eigenvalue weighted by Gasteiger charge is 2.06. The molecule has 0 fully saturated rings. The van der Waals surface area contributed by atoms with Gasteiger partial charge in [0, 0.05) is 10.2 Å². The monoisotopic (exact) mass is 324 g/mol. The molecule has 6 heteroatoms. The second kappa shape index (κ2) is 6.68. The average molecular weight is 325 g/mol. The number of nitrogens with zero attached hydrogens (tertiary/aromatic N) is 2. The van der Waals surface area contributed by atoms with Crippen LogP contribution in [-0.4, -0.2) is 16.7 Å². The van der Waals surface area contributed by atoms with Crippen molar-refractivity contribution in [2.45, 2.75) is 20.4 Å². The Kier molecular flexibility index (Phi) is 4.93. The predicted octanol–water partition coefficient (Wildman–Crippen LogP) is 3.32. The maximum Gasteiger partial charge on any atom is 0.320 e. The van der Waals surface area contributed by atoms with E-state index in [2.05, 4.69) is 50.6 Å². The molecule has 2 rings (SSSR count). The minimum atomic E-state index is 0.402. The summed E-state index contributed by atoms with van der Waals surface area (Å²) in [6.45, 7) is 5.82. The molecule has 0 aliphatic heterocycles. The van der Waals surface area contributed by atoms with Crippen molar-refractivity contribution in [3.63, 3.8) is 0 Å². The SMILES string of the molecule is CC(C)CNCc1nnc(Nc2cccc(Br)c2)o1. The number of halogens is 1. The molecular weight excluding hydrogens is 308 g/mol. The first-order valence-electron chi connectivity index (χ1n) is 6.19. The topological polar surface area (TPSA) is 63.0 Å². The van der Waals surface area contributed by atoms with Gasteiger partial charge in [-0.25, -0.2) is 0 Å². The first-order chi connectivity index (χ1) is 9.13. The van der Waals surface area contributed by atoms with Gasteiger partial charge in [0.05, 0.1) is 6.54 Å². The normalized spacial score (nSPS) is 10.9. The molecule has 0 bridgehead atoms. The summed E-state index contributed by atoms with van der Waals surface area (Å²) < 4.78 is 6.49. The molecule has 102 valence electrons. The van der Waals surface area contributed by atoms with Gasteiger partial charge in [-0.2, -0.15) is 0 Å². The molecule has 0 spiro atoms. The fourth-order valence-corrected chi connectivity index (χ4v) is 1.93. The van der Waals surface area contributed by atoms with Gasteiger partial charge in [-0.3, -0.25) is 0 Å². The lowest BCUT2D eigenvalue weighted by Crippen LogP contribution is -2.19. The Morgan fingerprint density at radius 1 is 1.32 bits per heavy atom. The van der Waals surface area contributed by atoms with Crippen LogP contribution in [0.25, 0.3) is 0 Å². The van der Waals surface area contributed by atoms with E-state index in [4.69, 9.17) is 4.42 Å². The minimum Gasteiger partial charge on any atom is -0.406 e. The van der Waals surface area contributed by atoms with Gasteiger partial charge in [-0.15, -0.1) is 5.10 Å². The van der Waals surface area contributed by atoms with Crippen molar-refractivity contribution in [3.05, 3.63) is 34.6 Å². The molecule has 0 amide bonds. The van der Waals surface area contributed by atoms with E-state index in [-0.39, 0.29) is 0 Å². The highest BCUT2D eigenvalue weighted by atomic mass is 79.9. The predicted molar refractivity (Wildman–Crippen MR) is 78.3 cm³/mol. The Morgan fingerprint density at radius 2 is 2.16 bits per heavy atom. The van der Waals surface area contributed by atoms with E-state index < -0.39 is 0 Å². The fraction of sp³-hybridized carbons (Fsp3) is 0.385. The zero-order valence-corrected chi connectivity index (χ0v) is 12.6. The number of aromatic nitrogens is 2. The zero-order valence-electron chi connectivity index (χ0n) is 11.0. The van der Waals surface area contributed by atoms with Crippen molar-refractivity contribution in [3.8, 4) is 0 Å². The van der Waals surface area contributed by atoms with Crippen LogP contribution in [-0.2, 0) is 6.54 Å². The first kappa shape index (κ1) is 14.0. The summed E-state index contributed by atoms with van der Waals surface area (Å²) in [5, 5.41) is 14.3. The number of rotatable bonds is 6. The van der Waals surface area contributed by atoms with E-state index in [0.29, 0.717) is 24.4 Å². The van der Waals surface area contributed by atoms with Crippen molar-refractivity contribution in [2.75, 3.05) is 11.9 Å². The van der Waals surface area contributed by atoms with E-state index in [1.807, 2.05) is 24.3 Å². The second-order valence-corrected chi connectivity index (χ2v) is 5.58. The molecular formula is C13H17BrN4O. The third kappa shape index (κ3) is 4.65. The summed E-state index contributed by atoms with van der Waals surface area (Å²) in [4.78, 5) is 0. The molecule has 0 aliphatic carbocycles. The minimum absolute atomic E-state index is 0.402.